The Morgan fingerprint density at radius 1 is 1.24 bits per heavy atom. The number of rotatable bonds is 5. The molecule has 1 unspecified atom stereocenters. The molecule has 0 aliphatic heterocycles. The summed E-state index contributed by atoms with van der Waals surface area (Å²) in [7, 11) is 0. The summed E-state index contributed by atoms with van der Waals surface area (Å²) >= 11 is 3.43. The number of anilines is 1. The lowest BCUT2D eigenvalue weighted by Gasteiger charge is -2.21. The standard InChI is InChI=1S/C17H18BrNO2/c1-3-15(12-7-9-13(18)10-8-12)19-16-6-4-5-14(11(16)2)17(20)21/h4-10,15,19H,3H2,1-2H3,(H,20,21). The van der Waals surface area contributed by atoms with E-state index in [1.165, 1.54) is 5.56 Å². The smallest absolute Gasteiger partial charge is 0.336 e. The molecule has 0 fully saturated rings. The van der Waals surface area contributed by atoms with E-state index in [0.717, 1.165) is 22.1 Å². The van der Waals surface area contributed by atoms with Crippen LogP contribution in [0.25, 0.3) is 0 Å². The van der Waals surface area contributed by atoms with Crippen molar-refractivity contribution in [3.63, 3.8) is 0 Å². The summed E-state index contributed by atoms with van der Waals surface area (Å²) in [5.74, 6) is -0.896. The van der Waals surface area contributed by atoms with E-state index in [1.807, 2.05) is 25.1 Å². The third kappa shape index (κ3) is 3.64. The van der Waals surface area contributed by atoms with Gasteiger partial charge in [0.05, 0.1) is 11.6 Å². The number of carboxylic acid groups (broad SMARTS) is 1. The molecule has 0 aliphatic rings. The van der Waals surface area contributed by atoms with Crippen LogP contribution in [0.3, 0.4) is 0 Å². The van der Waals surface area contributed by atoms with E-state index in [9.17, 15) is 9.90 Å². The summed E-state index contributed by atoms with van der Waals surface area (Å²) in [6, 6.07) is 13.6. The second kappa shape index (κ2) is 6.76. The van der Waals surface area contributed by atoms with Crippen LogP contribution in [0, 0.1) is 6.92 Å². The van der Waals surface area contributed by atoms with Gasteiger partial charge in [-0.3, -0.25) is 0 Å². The minimum absolute atomic E-state index is 0.154. The average Bonchev–Trinajstić information content (AvgIpc) is 2.47. The lowest BCUT2D eigenvalue weighted by atomic mass is 10.0. The minimum atomic E-state index is -0.896. The second-order valence-electron chi connectivity index (χ2n) is 4.94. The molecule has 1 atom stereocenters. The molecule has 110 valence electrons. The molecule has 3 nitrogen and oxygen atoms in total. The van der Waals surface area contributed by atoms with Crippen molar-refractivity contribution in [1.29, 1.82) is 0 Å². The molecule has 4 heteroatoms. The van der Waals surface area contributed by atoms with E-state index < -0.39 is 5.97 Å². The molecule has 2 aromatic rings. The van der Waals surface area contributed by atoms with Crippen molar-refractivity contribution in [3.05, 3.63) is 63.6 Å². The van der Waals surface area contributed by atoms with Crippen LogP contribution in [0.2, 0.25) is 0 Å². The monoisotopic (exact) mass is 347 g/mol. The Balaban J connectivity index is 2.29. The van der Waals surface area contributed by atoms with E-state index in [4.69, 9.17) is 0 Å². The van der Waals surface area contributed by atoms with Gasteiger partial charge in [-0.05, 0) is 48.7 Å². The van der Waals surface area contributed by atoms with Gasteiger partial charge in [-0.1, -0.05) is 41.1 Å². The molecule has 0 bridgehead atoms. The summed E-state index contributed by atoms with van der Waals surface area (Å²) in [4.78, 5) is 11.2. The largest absolute Gasteiger partial charge is 0.478 e. The first-order chi connectivity index (χ1) is 10.0. The highest BCUT2D eigenvalue weighted by molar-refractivity contribution is 9.10. The predicted molar refractivity (Wildman–Crippen MR) is 88.9 cm³/mol. The summed E-state index contributed by atoms with van der Waals surface area (Å²) in [6.45, 7) is 3.94. The van der Waals surface area contributed by atoms with Gasteiger partial charge in [0.2, 0.25) is 0 Å². The summed E-state index contributed by atoms with van der Waals surface area (Å²) < 4.78 is 1.05. The van der Waals surface area contributed by atoms with Crippen LogP contribution in [0.1, 0.15) is 40.9 Å². The number of nitrogens with one attached hydrogen (secondary N) is 1. The average molecular weight is 348 g/mol. The van der Waals surface area contributed by atoms with Crippen LogP contribution in [0.4, 0.5) is 5.69 Å². The fourth-order valence-corrected chi connectivity index (χ4v) is 2.59. The van der Waals surface area contributed by atoms with Gasteiger partial charge in [0.25, 0.3) is 0 Å². The van der Waals surface area contributed by atoms with E-state index in [2.05, 4.69) is 40.3 Å². The Kier molecular flexibility index (Phi) is 5.02. The molecule has 0 aromatic heterocycles. The highest BCUT2D eigenvalue weighted by Crippen LogP contribution is 2.27. The molecule has 0 aliphatic carbocycles. The third-order valence-electron chi connectivity index (χ3n) is 3.57. The quantitative estimate of drug-likeness (QED) is 0.798. The minimum Gasteiger partial charge on any atom is -0.478 e. The van der Waals surface area contributed by atoms with E-state index in [0.29, 0.717) is 5.56 Å². The van der Waals surface area contributed by atoms with Crippen molar-refractivity contribution < 1.29 is 9.90 Å². The van der Waals surface area contributed by atoms with Gasteiger partial charge >= 0.3 is 5.97 Å². The van der Waals surface area contributed by atoms with Gasteiger partial charge in [-0.2, -0.15) is 0 Å². The normalized spacial score (nSPS) is 12.0. The topological polar surface area (TPSA) is 49.3 Å². The van der Waals surface area contributed by atoms with Crippen LogP contribution < -0.4 is 5.32 Å². The van der Waals surface area contributed by atoms with Gasteiger partial charge in [0.1, 0.15) is 0 Å². The van der Waals surface area contributed by atoms with Gasteiger partial charge in [0, 0.05) is 10.2 Å². The summed E-state index contributed by atoms with van der Waals surface area (Å²) in [6.07, 6.45) is 0.915. The third-order valence-corrected chi connectivity index (χ3v) is 4.10. The SMILES string of the molecule is CCC(Nc1cccc(C(=O)O)c1C)c1ccc(Br)cc1. The zero-order valence-corrected chi connectivity index (χ0v) is 13.6. The van der Waals surface area contributed by atoms with Gasteiger partial charge < -0.3 is 10.4 Å². The molecule has 0 amide bonds. The maximum absolute atomic E-state index is 11.2. The summed E-state index contributed by atoms with van der Waals surface area (Å²) in [5, 5.41) is 12.6. The lowest BCUT2D eigenvalue weighted by Crippen LogP contribution is -2.12. The van der Waals surface area contributed by atoms with Gasteiger partial charge in [-0.25, -0.2) is 4.79 Å². The van der Waals surface area contributed by atoms with Crippen molar-refractivity contribution >= 4 is 27.6 Å². The molecule has 0 radical (unpaired) electrons. The van der Waals surface area contributed by atoms with Crippen molar-refractivity contribution in [2.45, 2.75) is 26.3 Å². The van der Waals surface area contributed by atoms with Gasteiger partial charge in [-0.15, -0.1) is 0 Å². The van der Waals surface area contributed by atoms with E-state index in [-0.39, 0.29) is 6.04 Å². The number of carbonyl (C=O) groups is 1. The first-order valence-corrected chi connectivity index (χ1v) is 7.67. The van der Waals surface area contributed by atoms with Crippen LogP contribution in [-0.2, 0) is 0 Å². The predicted octanol–water partition coefficient (Wildman–Crippen LogP) is 5.02. The highest BCUT2D eigenvalue weighted by atomic mass is 79.9. The van der Waals surface area contributed by atoms with Crippen molar-refractivity contribution in [2.24, 2.45) is 0 Å². The zero-order chi connectivity index (χ0) is 15.4. The van der Waals surface area contributed by atoms with Crippen molar-refractivity contribution in [3.8, 4) is 0 Å². The second-order valence-corrected chi connectivity index (χ2v) is 5.86. The maximum atomic E-state index is 11.2. The molecule has 0 heterocycles. The molecule has 0 saturated carbocycles. The van der Waals surface area contributed by atoms with Crippen molar-refractivity contribution in [2.75, 3.05) is 5.32 Å². The fraction of sp³-hybridized carbons (Fsp3) is 0.235. The Bertz CT molecular complexity index is 638. The number of benzene rings is 2. The van der Waals surface area contributed by atoms with E-state index in [1.54, 1.807) is 12.1 Å². The first kappa shape index (κ1) is 15.6. The molecule has 2 rings (SSSR count). The Morgan fingerprint density at radius 3 is 2.48 bits per heavy atom. The molecular formula is C17H18BrNO2. The Hall–Kier alpha value is -1.81. The molecule has 21 heavy (non-hydrogen) atoms. The number of hydrogen-bond acceptors (Lipinski definition) is 2. The summed E-state index contributed by atoms with van der Waals surface area (Å²) in [5.41, 5.74) is 3.15. The number of hydrogen-bond donors (Lipinski definition) is 2. The molecule has 0 spiro atoms. The van der Waals surface area contributed by atoms with Crippen LogP contribution in [0.15, 0.2) is 46.9 Å². The highest BCUT2D eigenvalue weighted by Gasteiger charge is 2.14. The lowest BCUT2D eigenvalue weighted by molar-refractivity contribution is 0.0696. The van der Waals surface area contributed by atoms with Gasteiger partial charge in [0.15, 0.2) is 0 Å². The first-order valence-electron chi connectivity index (χ1n) is 6.87. The van der Waals surface area contributed by atoms with Crippen LogP contribution >= 0.6 is 15.9 Å². The fourth-order valence-electron chi connectivity index (χ4n) is 2.33. The zero-order valence-electron chi connectivity index (χ0n) is 12.1. The number of halogens is 1. The molecular weight excluding hydrogens is 330 g/mol. The van der Waals surface area contributed by atoms with E-state index >= 15 is 0 Å². The molecule has 2 N–H and O–H groups in total. The Labute approximate surface area is 133 Å². The number of carboxylic acids is 1. The molecule has 0 saturated heterocycles. The van der Waals surface area contributed by atoms with Crippen LogP contribution in [-0.4, -0.2) is 11.1 Å². The molecule has 2 aromatic carbocycles. The maximum Gasteiger partial charge on any atom is 0.336 e. The van der Waals surface area contributed by atoms with Crippen molar-refractivity contribution in [1.82, 2.24) is 0 Å². The Morgan fingerprint density at radius 2 is 1.90 bits per heavy atom. The van der Waals surface area contributed by atoms with Crippen LogP contribution in [0.5, 0.6) is 0 Å². The number of aromatic carboxylic acids is 1.